The number of benzene rings is 3. The number of carbonyl (C=O) groups excluding carboxylic acids is 2. The van der Waals surface area contributed by atoms with Gasteiger partial charge in [0.1, 0.15) is 0 Å². The first-order valence-electron chi connectivity index (χ1n) is 17.0. The molecule has 6 rings (SSSR count). The van der Waals surface area contributed by atoms with Gasteiger partial charge < -0.3 is 23.8 Å². The number of hydrogen-bond donors (Lipinski definition) is 0. The van der Waals surface area contributed by atoms with Gasteiger partial charge in [0.25, 0.3) is 5.91 Å². The van der Waals surface area contributed by atoms with Crippen molar-refractivity contribution in [3.63, 3.8) is 0 Å². The number of aromatic nitrogens is 1. The molecule has 2 aliphatic rings. The maximum atomic E-state index is 13.3. The summed E-state index contributed by atoms with van der Waals surface area (Å²) in [7, 11) is 3.19. The smallest absolute Gasteiger partial charge is 0.256 e. The van der Waals surface area contributed by atoms with Crippen LogP contribution in [-0.2, 0) is 6.42 Å². The van der Waals surface area contributed by atoms with Crippen molar-refractivity contribution in [2.45, 2.75) is 58.4 Å². The third-order valence-corrected chi connectivity index (χ3v) is 9.16. The van der Waals surface area contributed by atoms with Crippen molar-refractivity contribution in [2.24, 2.45) is 4.99 Å². The van der Waals surface area contributed by atoms with Crippen molar-refractivity contribution >= 4 is 40.6 Å². The van der Waals surface area contributed by atoms with Crippen LogP contribution in [-0.4, -0.2) is 67.8 Å². The van der Waals surface area contributed by atoms with E-state index in [0.29, 0.717) is 53.0 Å². The molecule has 9 heteroatoms. The predicted octanol–water partition coefficient (Wildman–Crippen LogP) is 7.97. The number of aliphatic imine (C=N–C) groups is 1. The number of ketones is 1. The summed E-state index contributed by atoms with van der Waals surface area (Å²) in [6.45, 7) is 5.73. The van der Waals surface area contributed by atoms with Gasteiger partial charge in [-0.2, -0.15) is 0 Å². The molecule has 49 heavy (non-hydrogen) atoms. The minimum atomic E-state index is -0.0692. The number of hydrogen-bond acceptors (Lipinski definition) is 8. The Morgan fingerprint density at radius 2 is 1.69 bits per heavy atom. The summed E-state index contributed by atoms with van der Waals surface area (Å²) in [6, 6.07) is 17.2. The van der Waals surface area contributed by atoms with Crippen LogP contribution in [0.1, 0.15) is 76.6 Å². The Morgan fingerprint density at radius 3 is 2.47 bits per heavy atom. The van der Waals surface area contributed by atoms with Crippen molar-refractivity contribution in [1.29, 1.82) is 0 Å². The van der Waals surface area contributed by atoms with Crippen LogP contribution in [0.2, 0.25) is 0 Å². The van der Waals surface area contributed by atoms with Gasteiger partial charge in [0.15, 0.2) is 28.8 Å². The number of fused-ring (bicyclic) bond motifs is 3. The van der Waals surface area contributed by atoms with E-state index in [2.05, 4.69) is 16.9 Å². The van der Waals surface area contributed by atoms with E-state index in [9.17, 15) is 9.59 Å². The first-order valence-corrected chi connectivity index (χ1v) is 17.0. The van der Waals surface area contributed by atoms with E-state index in [1.807, 2.05) is 60.5 Å². The molecule has 254 valence electrons. The molecule has 1 atom stereocenters. The van der Waals surface area contributed by atoms with Crippen LogP contribution in [0.5, 0.6) is 23.0 Å². The van der Waals surface area contributed by atoms with Gasteiger partial charge in [0.05, 0.1) is 50.2 Å². The molecule has 0 unspecified atom stereocenters. The minimum absolute atomic E-state index is 0.00647. The van der Waals surface area contributed by atoms with Gasteiger partial charge in [-0.1, -0.05) is 37.3 Å². The molecule has 0 radical (unpaired) electrons. The largest absolute Gasteiger partial charge is 0.493 e. The zero-order valence-corrected chi connectivity index (χ0v) is 28.7. The number of para-hydroxylation sites is 1. The van der Waals surface area contributed by atoms with Gasteiger partial charge in [-0.15, -0.1) is 0 Å². The Bertz CT molecular complexity index is 1920. The highest BCUT2D eigenvalue weighted by Crippen LogP contribution is 2.38. The van der Waals surface area contributed by atoms with Crippen LogP contribution in [0, 0.1) is 6.92 Å². The van der Waals surface area contributed by atoms with Crippen LogP contribution in [0.3, 0.4) is 0 Å². The molecule has 0 N–H and O–H groups in total. The molecular weight excluding hydrogens is 618 g/mol. The molecule has 0 aliphatic carbocycles. The van der Waals surface area contributed by atoms with Gasteiger partial charge in [-0.3, -0.25) is 19.6 Å². The van der Waals surface area contributed by atoms with Crippen molar-refractivity contribution in [2.75, 3.05) is 34.0 Å². The second kappa shape index (κ2) is 15.4. The van der Waals surface area contributed by atoms with E-state index < -0.39 is 0 Å². The molecule has 9 nitrogen and oxygen atoms in total. The van der Waals surface area contributed by atoms with Crippen LogP contribution in [0.4, 0.5) is 5.69 Å². The second-order valence-electron chi connectivity index (χ2n) is 12.3. The van der Waals surface area contributed by atoms with Gasteiger partial charge in [0, 0.05) is 35.5 Å². The first kappa shape index (κ1) is 33.7. The average Bonchev–Trinajstić information content (AvgIpc) is 3.56. The highest BCUT2D eigenvalue weighted by atomic mass is 16.5. The van der Waals surface area contributed by atoms with Crippen LogP contribution < -0.4 is 18.9 Å². The third kappa shape index (κ3) is 7.31. The molecular formula is C40H43N3O6. The summed E-state index contributed by atoms with van der Waals surface area (Å²) in [6.07, 6.45) is 10.5. The fourth-order valence-corrected chi connectivity index (χ4v) is 6.64. The Labute approximate surface area is 287 Å². The van der Waals surface area contributed by atoms with Gasteiger partial charge >= 0.3 is 0 Å². The maximum Gasteiger partial charge on any atom is 0.256 e. The lowest BCUT2D eigenvalue weighted by Crippen LogP contribution is -2.35. The van der Waals surface area contributed by atoms with E-state index in [1.165, 1.54) is 0 Å². The van der Waals surface area contributed by atoms with Crippen LogP contribution >= 0.6 is 0 Å². The molecule has 3 heterocycles. The van der Waals surface area contributed by atoms with Crippen LogP contribution in [0.25, 0.3) is 17.0 Å². The topological polar surface area (TPSA) is 99.6 Å². The van der Waals surface area contributed by atoms with E-state index >= 15 is 0 Å². The number of methoxy groups -OCH3 is 2. The summed E-state index contributed by atoms with van der Waals surface area (Å²) in [5.74, 6) is 2.29. The monoisotopic (exact) mass is 661 g/mol. The Hall–Kier alpha value is -5.18. The molecule has 4 aromatic rings. The third-order valence-electron chi connectivity index (χ3n) is 9.16. The lowest BCUT2D eigenvalue weighted by atomic mass is 9.95. The number of aryl methyl sites for hydroxylation is 2. The fraction of sp³-hybridized carbons (Fsp3) is 0.350. The summed E-state index contributed by atoms with van der Waals surface area (Å²) < 4.78 is 23.3. The number of allylic oxidation sites excluding steroid dienone is 1. The molecule has 1 aromatic heterocycles. The molecule has 2 aliphatic heterocycles. The Morgan fingerprint density at radius 1 is 0.939 bits per heavy atom. The lowest BCUT2D eigenvalue weighted by Gasteiger charge is -2.20. The van der Waals surface area contributed by atoms with Gasteiger partial charge in [-0.25, -0.2) is 0 Å². The zero-order valence-electron chi connectivity index (χ0n) is 28.7. The number of rotatable bonds is 14. The van der Waals surface area contributed by atoms with Crippen molar-refractivity contribution in [3.8, 4) is 23.0 Å². The second-order valence-corrected chi connectivity index (χ2v) is 12.3. The average molecular weight is 662 g/mol. The molecule has 0 spiro atoms. The van der Waals surface area contributed by atoms with E-state index in [0.717, 1.165) is 72.8 Å². The molecule has 0 bridgehead atoms. The minimum Gasteiger partial charge on any atom is -0.493 e. The predicted molar refractivity (Wildman–Crippen MR) is 192 cm³/mol. The summed E-state index contributed by atoms with van der Waals surface area (Å²) >= 11 is 0. The number of ether oxygens (including phenoxy) is 4. The normalized spacial score (nSPS) is 15.3. The van der Waals surface area contributed by atoms with Crippen molar-refractivity contribution in [3.05, 3.63) is 88.6 Å². The molecule has 3 aromatic carbocycles. The zero-order chi connectivity index (χ0) is 34.3. The SMILES string of the molecule is CCc1c(C(=O)/C=C/c2ccc(OCCCCCOc3cc4c(cc3OC)C(=O)N3CCC[C@H]3C=N4)c(OC)c2)c(C)nc2ccccc12. The number of nitrogens with zero attached hydrogens (tertiary/aromatic N) is 3. The molecule has 0 saturated carbocycles. The molecule has 1 saturated heterocycles. The molecule has 1 fully saturated rings. The highest BCUT2D eigenvalue weighted by molar-refractivity contribution is 6.10. The summed E-state index contributed by atoms with van der Waals surface area (Å²) in [5.41, 5.74) is 5.33. The van der Waals surface area contributed by atoms with Crippen molar-refractivity contribution in [1.82, 2.24) is 9.88 Å². The van der Waals surface area contributed by atoms with E-state index in [4.69, 9.17) is 18.9 Å². The van der Waals surface area contributed by atoms with E-state index in [1.54, 1.807) is 38.5 Å². The Balaban J connectivity index is 0.998. The number of carbonyl (C=O) groups is 2. The number of amides is 1. The first-order chi connectivity index (χ1) is 23.9. The fourth-order valence-electron chi connectivity index (χ4n) is 6.64. The lowest BCUT2D eigenvalue weighted by molar-refractivity contribution is 0.0774. The van der Waals surface area contributed by atoms with E-state index in [-0.39, 0.29) is 17.7 Å². The summed E-state index contributed by atoms with van der Waals surface area (Å²) in [4.78, 5) is 37.6. The number of pyridine rings is 1. The highest BCUT2D eigenvalue weighted by Gasteiger charge is 2.32. The van der Waals surface area contributed by atoms with Gasteiger partial charge in [-0.05, 0) is 86.9 Å². The Kier molecular flexibility index (Phi) is 10.6. The number of unbranched alkanes of at least 4 members (excludes halogenated alkanes) is 2. The van der Waals surface area contributed by atoms with Gasteiger partial charge in [0.2, 0.25) is 0 Å². The molecule has 1 amide bonds. The standard InChI is InChI=1S/C40H43N3O6/c1-5-29-30-13-7-8-14-32(30)42-26(2)39(29)34(44)17-15-27-16-18-35(36(22-27)46-3)48-20-9-6-10-21-49-38-24-33-31(23-37(38)47-4)40(45)43-19-11-12-28(43)25-41-33/h7-8,13-18,22-25,28H,5-6,9-12,19-21H2,1-4H3/b17-15+/t28-/m0/s1. The quantitative estimate of drug-likeness (QED) is 0.0768. The van der Waals surface area contributed by atoms with Crippen molar-refractivity contribution < 1.29 is 28.5 Å². The maximum absolute atomic E-state index is 13.3. The summed E-state index contributed by atoms with van der Waals surface area (Å²) in [5, 5.41) is 1.02. The van der Waals surface area contributed by atoms with Crippen LogP contribution in [0.15, 0.2) is 65.7 Å².